The summed E-state index contributed by atoms with van der Waals surface area (Å²) in [4.78, 5) is 0. The predicted molar refractivity (Wildman–Crippen MR) is 65.6 cm³/mol. The first-order chi connectivity index (χ1) is 8.24. The number of aryl methyl sites for hydroxylation is 2. The molecule has 3 heteroatoms. The summed E-state index contributed by atoms with van der Waals surface area (Å²) < 4.78 is 13.0. The van der Waals surface area contributed by atoms with Gasteiger partial charge in [0.25, 0.3) is 0 Å². The standard InChI is InChI=1S/C14H15NO2/c1-10-3-4-11(2)15(10)8-12-5-6-13-14(7-12)17-9-16-13/h3-7H,8-9H2,1-2H3. The number of rotatable bonds is 2. The minimum Gasteiger partial charge on any atom is -0.454 e. The number of nitrogens with zero attached hydrogens (tertiary/aromatic N) is 1. The molecule has 0 amide bonds. The van der Waals surface area contributed by atoms with Gasteiger partial charge in [0.05, 0.1) is 0 Å². The van der Waals surface area contributed by atoms with E-state index in [0.717, 1.165) is 18.0 Å². The molecule has 1 aliphatic heterocycles. The van der Waals surface area contributed by atoms with Gasteiger partial charge in [-0.05, 0) is 43.7 Å². The second-order valence-electron chi connectivity index (χ2n) is 4.39. The molecule has 2 aromatic rings. The first-order valence-corrected chi connectivity index (χ1v) is 5.75. The van der Waals surface area contributed by atoms with Crippen molar-refractivity contribution in [3.05, 3.63) is 47.3 Å². The Balaban J connectivity index is 1.91. The minimum absolute atomic E-state index is 0.334. The van der Waals surface area contributed by atoms with Crippen LogP contribution in [0.1, 0.15) is 17.0 Å². The molecule has 0 N–H and O–H groups in total. The molecule has 0 fully saturated rings. The van der Waals surface area contributed by atoms with Crippen LogP contribution in [0.25, 0.3) is 0 Å². The van der Waals surface area contributed by atoms with Gasteiger partial charge in [0.15, 0.2) is 11.5 Å². The largest absolute Gasteiger partial charge is 0.454 e. The van der Waals surface area contributed by atoms with Gasteiger partial charge in [-0.1, -0.05) is 6.07 Å². The lowest BCUT2D eigenvalue weighted by atomic mass is 10.2. The van der Waals surface area contributed by atoms with Crippen molar-refractivity contribution in [1.29, 1.82) is 0 Å². The maximum atomic E-state index is 5.39. The minimum atomic E-state index is 0.334. The number of benzene rings is 1. The van der Waals surface area contributed by atoms with Crippen LogP contribution in [-0.4, -0.2) is 11.4 Å². The molecule has 1 aromatic heterocycles. The Morgan fingerprint density at radius 1 is 1.00 bits per heavy atom. The molecule has 0 saturated carbocycles. The molecule has 3 nitrogen and oxygen atoms in total. The summed E-state index contributed by atoms with van der Waals surface area (Å²) >= 11 is 0. The van der Waals surface area contributed by atoms with E-state index in [2.05, 4.69) is 42.7 Å². The molecule has 0 spiro atoms. The lowest BCUT2D eigenvalue weighted by Gasteiger charge is -2.09. The highest BCUT2D eigenvalue weighted by molar-refractivity contribution is 5.44. The molecule has 88 valence electrons. The number of fused-ring (bicyclic) bond motifs is 1. The fraction of sp³-hybridized carbons (Fsp3) is 0.286. The highest BCUT2D eigenvalue weighted by atomic mass is 16.7. The topological polar surface area (TPSA) is 23.4 Å². The van der Waals surface area contributed by atoms with E-state index in [4.69, 9.17) is 9.47 Å². The summed E-state index contributed by atoms with van der Waals surface area (Å²) in [5.41, 5.74) is 3.79. The van der Waals surface area contributed by atoms with Gasteiger partial charge < -0.3 is 14.0 Å². The summed E-state index contributed by atoms with van der Waals surface area (Å²) in [5, 5.41) is 0. The zero-order valence-corrected chi connectivity index (χ0v) is 10.1. The number of hydrogen-bond acceptors (Lipinski definition) is 2. The molecule has 17 heavy (non-hydrogen) atoms. The van der Waals surface area contributed by atoms with Crippen LogP contribution in [0, 0.1) is 13.8 Å². The number of hydrogen-bond donors (Lipinski definition) is 0. The van der Waals surface area contributed by atoms with Gasteiger partial charge in [-0.25, -0.2) is 0 Å². The molecule has 2 heterocycles. The highest BCUT2D eigenvalue weighted by Crippen LogP contribution is 2.32. The number of aromatic nitrogens is 1. The van der Waals surface area contributed by atoms with Gasteiger partial charge in [0.1, 0.15) is 0 Å². The zero-order valence-electron chi connectivity index (χ0n) is 10.1. The van der Waals surface area contributed by atoms with Gasteiger partial charge in [-0.15, -0.1) is 0 Å². The Kier molecular flexibility index (Phi) is 2.32. The zero-order chi connectivity index (χ0) is 11.8. The van der Waals surface area contributed by atoms with Crippen LogP contribution in [0.15, 0.2) is 30.3 Å². The van der Waals surface area contributed by atoms with Gasteiger partial charge in [-0.3, -0.25) is 0 Å². The van der Waals surface area contributed by atoms with Gasteiger partial charge in [0.2, 0.25) is 6.79 Å². The summed E-state index contributed by atoms with van der Waals surface area (Å²) in [6, 6.07) is 10.4. The highest BCUT2D eigenvalue weighted by Gasteiger charge is 2.13. The molecule has 3 rings (SSSR count). The van der Waals surface area contributed by atoms with E-state index in [1.165, 1.54) is 17.0 Å². The van der Waals surface area contributed by atoms with Crippen LogP contribution in [0.4, 0.5) is 0 Å². The second kappa shape index (κ2) is 3.84. The normalized spacial score (nSPS) is 13.1. The third kappa shape index (κ3) is 1.78. The Morgan fingerprint density at radius 2 is 1.71 bits per heavy atom. The summed E-state index contributed by atoms with van der Waals surface area (Å²) in [5.74, 6) is 1.69. The smallest absolute Gasteiger partial charge is 0.231 e. The van der Waals surface area contributed by atoms with Crippen molar-refractivity contribution in [1.82, 2.24) is 4.57 Å². The van der Waals surface area contributed by atoms with Crippen LogP contribution in [-0.2, 0) is 6.54 Å². The molecule has 0 unspecified atom stereocenters. The van der Waals surface area contributed by atoms with E-state index in [1.54, 1.807) is 0 Å². The van der Waals surface area contributed by atoms with Gasteiger partial charge in [-0.2, -0.15) is 0 Å². The molecule has 0 aliphatic carbocycles. The van der Waals surface area contributed by atoms with E-state index in [9.17, 15) is 0 Å². The molecule has 0 atom stereocenters. The molecule has 1 aromatic carbocycles. The first kappa shape index (κ1) is 10.3. The molecule has 0 saturated heterocycles. The maximum Gasteiger partial charge on any atom is 0.231 e. The molecule has 0 bridgehead atoms. The predicted octanol–water partition coefficient (Wildman–Crippen LogP) is 2.88. The van der Waals surface area contributed by atoms with Gasteiger partial charge in [0, 0.05) is 17.9 Å². The molecular formula is C14H15NO2. The van der Waals surface area contributed by atoms with Crippen LogP contribution in [0.3, 0.4) is 0 Å². The fourth-order valence-corrected chi connectivity index (χ4v) is 2.17. The molecule has 1 aliphatic rings. The van der Waals surface area contributed by atoms with Crippen molar-refractivity contribution >= 4 is 0 Å². The maximum absolute atomic E-state index is 5.39. The van der Waals surface area contributed by atoms with Crippen LogP contribution >= 0.6 is 0 Å². The second-order valence-corrected chi connectivity index (χ2v) is 4.39. The van der Waals surface area contributed by atoms with E-state index < -0.39 is 0 Å². The van der Waals surface area contributed by atoms with Crippen molar-refractivity contribution in [3.8, 4) is 11.5 Å². The van der Waals surface area contributed by atoms with Crippen LogP contribution < -0.4 is 9.47 Å². The van der Waals surface area contributed by atoms with Crippen molar-refractivity contribution in [2.45, 2.75) is 20.4 Å². The average molecular weight is 229 g/mol. The van der Waals surface area contributed by atoms with Crippen molar-refractivity contribution in [3.63, 3.8) is 0 Å². The lowest BCUT2D eigenvalue weighted by molar-refractivity contribution is 0.174. The Bertz CT molecular complexity index is 538. The molecular weight excluding hydrogens is 214 g/mol. The van der Waals surface area contributed by atoms with E-state index in [-0.39, 0.29) is 0 Å². The van der Waals surface area contributed by atoms with E-state index in [0.29, 0.717) is 6.79 Å². The van der Waals surface area contributed by atoms with E-state index in [1.807, 2.05) is 6.07 Å². The summed E-state index contributed by atoms with van der Waals surface area (Å²) in [6.07, 6.45) is 0. The number of ether oxygens (including phenoxy) is 2. The third-order valence-electron chi connectivity index (χ3n) is 3.19. The van der Waals surface area contributed by atoms with Crippen molar-refractivity contribution < 1.29 is 9.47 Å². The monoisotopic (exact) mass is 229 g/mol. The Labute approximate surface area is 101 Å². The third-order valence-corrected chi connectivity index (χ3v) is 3.19. The molecule has 0 radical (unpaired) electrons. The van der Waals surface area contributed by atoms with Gasteiger partial charge >= 0.3 is 0 Å². The van der Waals surface area contributed by atoms with Crippen LogP contribution in [0.2, 0.25) is 0 Å². The lowest BCUT2D eigenvalue weighted by Crippen LogP contribution is -2.03. The van der Waals surface area contributed by atoms with Crippen LogP contribution in [0.5, 0.6) is 11.5 Å². The summed E-state index contributed by atoms with van der Waals surface area (Å²) in [6.45, 7) is 5.46. The fourth-order valence-electron chi connectivity index (χ4n) is 2.17. The first-order valence-electron chi connectivity index (χ1n) is 5.75. The SMILES string of the molecule is Cc1ccc(C)n1Cc1ccc2c(c1)OCO2. The Hall–Kier alpha value is -1.90. The van der Waals surface area contributed by atoms with Crippen molar-refractivity contribution in [2.75, 3.05) is 6.79 Å². The van der Waals surface area contributed by atoms with Crippen molar-refractivity contribution in [2.24, 2.45) is 0 Å². The average Bonchev–Trinajstić information content (AvgIpc) is 2.90. The van der Waals surface area contributed by atoms with E-state index >= 15 is 0 Å². The summed E-state index contributed by atoms with van der Waals surface area (Å²) in [7, 11) is 0. The Morgan fingerprint density at radius 3 is 2.47 bits per heavy atom. The quantitative estimate of drug-likeness (QED) is 0.790.